The van der Waals surface area contributed by atoms with Gasteiger partial charge in [-0.25, -0.2) is 0 Å². The van der Waals surface area contributed by atoms with Gasteiger partial charge in [0.05, 0.1) is 23.3 Å². The summed E-state index contributed by atoms with van der Waals surface area (Å²) in [5.74, 6) is 0.0862. The molecule has 1 aliphatic rings. The molecule has 1 aliphatic heterocycles. The maximum absolute atomic E-state index is 13.3. The first kappa shape index (κ1) is 14.9. The number of amides is 1. The van der Waals surface area contributed by atoms with E-state index in [0.29, 0.717) is 0 Å². The lowest BCUT2D eigenvalue weighted by atomic mass is 10.0. The van der Waals surface area contributed by atoms with E-state index < -0.39 is 0 Å². The van der Waals surface area contributed by atoms with Crippen LogP contribution in [0.1, 0.15) is 40.5 Å². The largest absolute Gasteiger partial charge is 0.331 e. The first-order chi connectivity index (χ1) is 11.6. The number of para-hydroxylation sites is 1. The Kier molecular flexibility index (Phi) is 3.56. The van der Waals surface area contributed by atoms with Crippen molar-refractivity contribution in [3.8, 4) is 0 Å². The Morgan fingerprint density at radius 3 is 2.92 bits per heavy atom. The molecule has 1 amide bonds. The van der Waals surface area contributed by atoms with Gasteiger partial charge in [-0.05, 0) is 31.9 Å². The number of fused-ring (bicyclic) bond motifs is 1. The van der Waals surface area contributed by atoms with Gasteiger partial charge in [-0.2, -0.15) is 5.10 Å². The van der Waals surface area contributed by atoms with Crippen LogP contribution in [0.4, 0.5) is 0 Å². The van der Waals surface area contributed by atoms with Gasteiger partial charge >= 0.3 is 0 Å². The van der Waals surface area contributed by atoms with Gasteiger partial charge in [-0.3, -0.25) is 14.5 Å². The van der Waals surface area contributed by atoms with Gasteiger partial charge in [0, 0.05) is 36.4 Å². The predicted molar refractivity (Wildman–Crippen MR) is 92.7 cm³/mol. The van der Waals surface area contributed by atoms with Gasteiger partial charge in [-0.15, -0.1) is 0 Å². The second kappa shape index (κ2) is 5.74. The molecule has 5 heteroatoms. The molecule has 2 aromatic heterocycles. The van der Waals surface area contributed by atoms with Crippen molar-refractivity contribution in [2.45, 2.75) is 25.8 Å². The predicted octanol–water partition coefficient (Wildman–Crippen LogP) is 3.25. The first-order valence-electron chi connectivity index (χ1n) is 8.29. The number of carbonyl (C=O) groups is 1. The van der Waals surface area contributed by atoms with Gasteiger partial charge in [-0.1, -0.05) is 18.2 Å². The molecule has 0 N–H and O–H groups in total. The number of pyridine rings is 1. The van der Waals surface area contributed by atoms with E-state index in [1.807, 2.05) is 61.6 Å². The first-order valence-corrected chi connectivity index (χ1v) is 8.29. The molecular weight excluding hydrogens is 300 g/mol. The average molecular weight is 320 g/mol. The molecule has 122 valence electrons. The molecule has 24 heavy (non-hydrogen) atoms. The van der Waals surface area contributed by atoms with Crippen molar-refractivity contribution in [1.82, 2.24) is 19.7 Å². The lowest BCUT2D eigenvalue weighted by molar-refractivity contribution is 0.0737. The third-order valence-electron chi connectivity index (χ3n) is 4.70. The Morgan fingerprint density at radius 2 is 2.12 bits per heavy atom. The molecule has 4 rings (SSSR count). The summed E-state index contributed by atoms with van der Waals surface area (Å²) in [5, 5.41) is 5.18. The highest BCUT2D eigenvalue weighted by molar-refractivity contribution is 6.06. The number of carbonyl (C=O) groups excluding carboxylic acids is 1. The van der Waals surface area contributed by atoms with E-state index in [0.717, 1.165) is 47.1 Å². The van der Waals surface area contributed by atoms with Crippen LogP contribution in [0.25, 0.3) is 10.9 Å². The van der Waals surface area contributed by atoms with Crippen molar-refractivity contribution in [3.63, 3.8) is 0 Å². The summed E-state index contributed by atoms with van der Waals surface area (Å²) in [4.78, 5) is 19.8. The van der Waals surface area contributed by atoms with Gasteiger partial charge < -0.3 is 4.90 Å². The SMILES string of the molecule is Cc1cc(C(=O)N2CCC[C@@H]2c2cnn(C)c2)c2ccccc2n1. The maximum Gasteiger partial charge on any atom is 0.255 e. The van der Waals surface area contributed by atoms with E-state index in [2.05, 4.69) is 10.1 Å². The third kappa shape index (κ3) is 2.46. The zero-order valence-electron chi connectivity index (χ0n) is 13.9. The number of likely N-dealkylation sites (tertiary alicyclic amines) is 1. The second-order valence-corrected chi connectivity index (χ2v) is 6.43. The number of hydrogen-bond donors (Lipinski definition) is 0. The molecule has 0 spiro atoms. The van der Waals surface area contributed by atoms with Gasteiger partial charge in [0.25, 0.3) is 5.91 Å². The van der Waals surface area contributed by atoms with Crippen molar-refractivity contribution in [1.29, 1.82) is 0 Å². The van der Waals surface area contributed by atoms with Crippen LogP contribution in [0, 0.1) is 6.92 Å². The number of benzene rings is 1. The number of aryl methyl sites for hydroxylation is 2. The number of hydrogen-bond acceptors (Lipinski definition) is 3. The minimum absolute atomic E-state index is 0.0862. The molecule has 0 radical (unpaired) electrons. The third-order valence-corrected chi connectivity index (χ3v) is 4.70. The summed E-state index contributed by atoms with van der Waals surface area (Å²) in [6.45, 7) is 2.72. The molecule has 0 unspecified atom stereocenters. The number of rotatable bonds is 2. The molecule has 1 aromatic carbocycles. The summed E-state index contributed by atoms with van der Waals surface area (Å²) < 4.78 is 1.79. The smallest absolute Gasteiger partial charge is 0.255 e. The lowest BCUT2D eigenvalue weighted by Crippen LogP contribution is -2.30. The Bertz CT molecular complexity index is 915. The van der Waals surface area contributed by atoms with Crippen LogP contribution in [0.3, 0.4) is 0 Å². The number of aromatic nitrogens is 3. The fourth-order valence-electron chi connectivity index (χ4n) is 3.61. The fraction of sp³-hybridized carbons (Fsp3) is 0.316. The molecule has 0 bridgehead atoms. The maximum atomic E-state index is 13.3. The molecular formula is C19H20N4O. The van der Waals surface area contributed by atoms with E-state index in [-0.39, 0.29) is 11.9 Å². The van der Waals surface area contributed by atoms with Crippen LogP contribution in [0.5, 0.6) is 0 Å². The van der Waals surface area contributed by atoms with Gasteiger partial charge in [0.2, 0.25) is 0 Å². The standard InChI is InChI=1S/C19H20N4O/c1-13-10-16(15-6-3-4-7-17(15)21-13)19(24)23-9-5-8-18(23)14-11-20-22(2)12-14/h3-4,6-7,10-12,18H,5,8-9H2,1-2H3/t18-/m1/s1. The minimum Gasteiger partial charge on any atom is -0.331 e. The van der Waals surface area contributed by atoms with Gasteiger partial charge in [0.1, 0.15) is 0 Å². The van der Waals surface area contributed by atoms with Crippen molar-refractivity contribution in [3.05, 3.63) is 59.5 Å². The lowest BCUT2D eigenvalue weighted by Gasteiger charge is -2.24. The molecule has 1 fully saturated rings. The number of nitrogens with zero attached hydrogens (tertiary/aromatic N) is 4. The van der Waals surface area contributed by atoms with E-state index >= 15 is 0 Å². The van der Waals surface area contributed by atoms with Crippen molar-refractivity contribution < 1.29 is 4.79 Å². The highest BCUT2D eigenvalue weighted by Gasteiger charge is 2.32. The monoisotopic (exact) mass is 320 g/mol. The summed E-state index contributed by atoms with van der Waals surface area (Å²) in [6, 6.07) is 9.86. The van der Waals surface area contributed by atoms with Crippen LogP contribution in [0.2, 0.25) is 0 Å². The molecule has 0 aliphatic carbocycles. The van der Waals surface area contributed by atoms with Crippen molar-refractivity contribution in [2.75, 3.05) is 6.54 Å². The summed E-state index contributed by atoms with van der Waals surface area (Å²) in [7, 11) is 1.91. The molecule has 1 atom stereocenters. The minimum atomic E-state index is 0.0862. The van der Waals surface area contributed by atoms with E-state index in [9.17, 15) is 4.79 Å². The Labute approximate surface area is 140 Å². The zero-order valence-corrected chi connectivity index (χ0v) is 13.9. The van der Waals surface area contributed by atoms with Crippen molar-refractivity contribution >= 4 is 16.8 Å². The highest BCUT2D eigenvalue weighted by atomic mass is 16.2. The normalized spacial score (nSPS) is 17.6. The van der Waals surface area contributed by atoms with Crippen molar-refractivity contribution in [2.24, 2.45) is 7.05 Å². The summed E-state index contributed by atoms with van der Waals surface area (Å²) in [5.41, 5.74) is 3.60. The molecule has 5 nitrogen and oxygen atoms in total. The Balaban J connectivity index is 1.76. The fourth-order valence-corrected chi connectivity index (χ4v) is 3.61. The van der Waals surface area contributed by atoms with E-state index in [1.54, 1.807) is 4.68 Å². The quantitative estimate of drug-likeness (QED) is 0.728. The zero-order chi connectivity index (χ0) is 16.7. The van der Waals surface area contributed by atoms with E-state index in [1.165, 1.54) is 0 Å². The summed E-state index contributed by atoms with van der Waals surface area (Å²) in [6.07, 6.45) is 5.88. The van der Waals surface area contributed by atoms with Crippen LogP contribution >= 0.6 is 0 Å². The van der Waals surface area contributed by atoms with Crippen LogP contribution < -0.4 is 0 Å². The highest BCUT2D eigenvalue weighted by Crippen LogP contribution is 2.34. The van der Waals surface area contributed by atoms with Crippen LogP contribution in [-0.4, -0.2) is 32.1 Å². The molecule has 1 saturated heterocycles. The Morgan fingerprint density at radius 1 is 1.29 bits per heavy atom. The average Bonchev–Trinajstić information content (AvgIpc) is 3.21. The second-order valence-electron chi connectivity index (χ2n) is 6.43. The van der Waals surface area contributed by atoms with Gasteiger partial charge in [0.15, 0.2) is 0 Å². The van der Waals surface area contributed by atoms with Crippen LogP contribution in [0.15, 0.2) is 42.7 Å². The Hall–Kier alpha value is -2.69. The van der Waals surface area contributed by atoms with E-state index in [4.69, 9.17) is 0 Å². The van der Waals surface area contributed by atoms with Crippen LogP contribution in [-0.2, 0) is 7.05 Å². The molecule has 0 saturated carbocycles. The summed E-state index contributed by atoms with van der Waals surface area (Å²) >= 11 is 0. The molecule has 3 heterocycles. The molecule has 3 aromatic rings. The topological polar surface area (TPSA) is 51.0 Å².